The number of hydrogen-bond donors (Lipinski definition) is 1. The van der Waals surface area contributed by atoms with Crippen LogP contribution < -0.4 is 4.74 Å². The van der Waals surface area contributed by atoms with E-state index in [4.69, 9.17) is 9.47 Å². The Hall–Kier alpha value is -2.33. The van der Waals surface area contributed by atoms with Crippen LogP contribution in [0.15, 0.2) is 24.3 Å². The summed E-state index contributed by atoms with van der Waals surface area (Å²) in [5.41, 5.74) is 7.04. The zero-order valence-corrected chi connectivity index (χ0v) is 18.7. The zero-order valence-electron chi connectivity index (χ0n) is 18.7. The fourth-order valence-electron chi connectivity index (χ4n) is 4.58. The molecule has 1 aliphatic carbocycles. The minimum Gasteiger partial charge on any atom is -0.493 e. The maximum Gasteiger partial charge on any atom is 0.337 e. The maximum absolute atomic E-state index is 12.4. The Kier molecular flexibility index (Phi) is 5.39. The Bertz CT molecular complexity index is 980. The first-order chi connectivity index (χ1) is 14.2. The van der Waals surface area contributed by atoms with Gasteiger partial charge in [0.25, 0.3) is 0 Å². The molecule has 2 aromatic carbocycles. The second-order valence-corrected chi connectivity index (χ2v) is 9.65. The Labute approximate surface area is 179 Å². The molecular formula is C26H32O4. The van der Waals surface area contributed by atoms with Gasteiger partial charge in [-0.25, -0.2) is 4.79 Å². The maximum atomic E-state index is 12.4. The summed E-state index contributed by atoms with van der Waals surface area (Å²) in [4.78, 5) is 12.4. The van der Waals surface area contributed by atoms with Crippen molar-refractivity contribution in [3.63, 3.8) is 0 Å². The third-order valence-electron chi connectivity index (χ3n) is 6.12. The van der Waals surface area contributed by atoms with Crippen molar-refractivity contribution in [2.45, 2.75) is 77.9 Å². The molecule has 0 amide bonds. The average Bonchev–Trinajstić information content (AvgIpc) is 3.51. The molecule has 160 valence electrons. The summed E-state index contributed by atoms with van der Waals surface area (Å²) in [5.74, 6) is 0.515. The monoisotopic (exact) mass is 408 g/mol. The van der Waals surface area contributed by atoms with E-state index in [-0.39, 0.29) is 0 Å². The molecule has 1 N–H and O–H groups in total. The molecule has 4 nitrogen and oxygen atoms in total. The van der Waals surface area contributed by atoms with E-state index in [0.717, 1.165) is 60.3 Å². The summed E-state index contributed by atoms with van der Waals surface area (Å²) in [6, 6.07) is 8.42. The Morgan fingerprint density at radius 3 is 2.53 bits per heavy atom. The third kappa shape index (κ3) is 3.98. The molecule has 2 aliphatic rings. The molecule has 1 heterocycles. The van der Waals surface area contributed by atoms with Gasteiger partial charge in [-0.2, -0.15) is 0 Å². The van der Waals surface area contributed by atoms with Crippen molar-refractivity contribution in [3.8, 4) is 16.9 Å². The van der Waals surface area contributed by atoms with E-state index in [2.05, 4.69) is 31.2 Å². The van der Waals surface area contributed by atoms with Crippen molar-refractivity contribution in [3.05, 3.63) is 52.1 Å². The molecule has 0 aromatic heterocycles. The number of aliphatic carboxylic acids is 1. The van der Waals surface area contributed by atoms with Crippen LogP contribution in [0.1, 0.15) is 79.9 Å². The van der Waals surface area contributed by atoms with Gasteiger partial charge >= 0.3 is 5.97 Å². The zero-order chi connectivity index (χ0) is 21.6. The first-order valence-electron chi connectivity index (χ1n) is 11.0. The number of hydrogen-bond acceptors (Lipinski definition) is 3. The van der Waals surface area contributed by atoms with Crippen molar-refractivity contribution >= 4 is 5.97 Å². The Morgan fingerprint density at radius 1 is 1.17 bits per heavy atom. The van der Waals surface area contributed by atoms with Gasteiger partial charge < -0.3 is 14.6 Å². The lowest BCUT2D eigenvalue weighted by Gasteiger charge is -2.30. The van der Waals surface area contributed by atoms with Gasteiger partial charge in [0, 0.05) is 5.56 Å². The third-order valence-corrected chi connectivity index (χ3v) is 6.12. The summed E-state index contributed by atoms with van der Waals surface area (Å²) >= 11 is 0. The van der Waals surface area contributed by atoms with Crippen LogP contribution in [-0.2, 0) is 16.0 Å². The van der Waals surface area contributed by atoms with E-state index < -0.39 is 17.7 Å². The molecule has 30 heavy (non-hydrogen) atoms. The molecule has 1 saturated carbocycles. The molecule has 1 atom stereocenters. The van der Waals surface area contributed by atoms with E-state index in [0.29, 0.717) is 5.92 Å². The number of benzene rings is 2. The lowest BCUT2D eigenvalue weighted by Crippen LogP contribution is -2.28. The lowest BCUT2D eigenvalue weighted by molar-refractivity contribution is -0.160. The van der Waals surface area contributed by atoms with E-state index in [1.165, 1.54) is 16.7 Å². The van der Waals surface area contributed by atoms with Gasteiger partial charge in [-0.1, -0.05) is 18.2 Å². The molecule has 0 saturated heterocycles. The van der Waals surface area contributed by atoms with Crippen LogP contribution in [0, 0.1) is 13.8 Å². The summed E-state index contributed by atoms with van der Waals surface area (Å²) < 4.78 is 12.0. The molecular weight excluding hydrogens is 376 g/mol. The molecule has 0 bridgehead atoms. The van der Waals surface area contributed by atoms with Crippen LogP contribution in [-0.4, -0.2) is 23.3 Å². The van der Waals surface area contributed by atoms with Gasteiger partial charge in [-0.05, 0) is 106 Å². The number of rotatable bonds is 5. The van der Waals surface area contributed by atoms with Crippen LogP contribution in [0.25, 0.3) is 11.1 Å². The highest BCUT2D eigenvalue weighted by atomic mass is 16.5. The summed E-state index contributed by atoms with van der Waals surface area (Å²) in [6.45, 7) is 10.6. The van der Waals surface area contributed by atoms with Crippen LogP contribution in [0.4, 0.5) is 0 Å². The smallest absolute Gasteiger partial charge is 0.337 e. The molecule has 0 radical (unpaired) electrons. The number of ether oxygens (including phenoxy) is 2. The summed E-state index contributed by atoms with van der Waals surface area (Å²) in [5, 5.41) is 10.1. The van der Waals surface area contributed by atoms with Gasteiger partial charge in [0.15, 0.2) is 6.10 Å². The van der Waals surface area contributed by atoms with Crippen molar-refractivity contribution in [1.82, 2.24) is 0 Å². The highest BCUT2D eigenvalue weighted by Crippen LogP contribution is 2.49. The predicted molar refractivity (Wildman–Crippen MR) is 118 cm³/mol. The van der Waals surface area contributed by atoms with Crippen molar-refractivity contribution in [2.75, 3.05) is 6.61 Å². The summed E-state index contributed by atoms with van der Waals surface area (Å²) in [6.07, 6.45) is 3.31. The Balaban J connectivity index is 1.97. The van der Waals surface area contributed by atoms with E-state index >= 15 is 0 Å². The van der Waals surface area contributed by atoms with E-state index in [1.807, 2.05) is 27.7 Å². The van der Waals surface area contributed by atoms with Gasteiger partial charge in [0.2, 0.25) is 0 Å². The van der Waals surface area contributed by atoms with Gasteiger partial charge in [-0.15, -0.1) is 0 Å². The average molecular weight is 409 g/mol. The highest BCUT2D eigenvalue weighted by Gasteiger charge is 2.35. The molecule has 4 rings (SSSR count). The number of carboxylic acids is 1. The van der Waals surface area contributed by atoms with Gasteiger partial charge in [-0.3, -0.25) is 0 Å². The normalized spacial score (nSPS) is 17.2. The highest BCUT2D eigenvalue weighted by molar-refractivity contribution is 5.84. The summed E-state index contributed by atoms with van der Waals surface area (Å²) in [7, 11) is 0. The standard InChI is InChI=1S/C26H32O4/c1-15-8-11-20(17-9-10-17)23(22(15)24(25(27)28)30-26(3,4)5)19-12-13-21-18(16(19)2)7-6-14-29-21/h8,11-13,17,24H,6-7,9-10,14H2,1-5H3,(H,27,28). The molecule has 1 fully saturated rings. The van der Waals surface area contributed by atoms with Crippen LogP contribution in [0.3, 0.4) is 0 Å². The first kappa shape index (κ1) is 20.9. The first-order valence-corrected chi connectivity index (χ1v) is 11.0. The predicted octanol–water partition coefficient (Wildman–Crippen LogP) is 6.11. The number of aryl methyl sites for hydroxylation is 1. The topological polar surface area (TPSA) is 55.8 Å². The number of carbonyl (C=O) groups is 1. The van der Waals surface area contributed by atoms with E-state index in [9.17, 15) is 9.90 Å². The van der Waals surface area contributed by atoms with Gasteiger partial charge in [0.1, 0.15) is 5.75 Å². The van der Waals surface area contributed by atoms with Crippen molar-refractivity contribution in [1.29, 1.82) is 0 Å². The van der Waals surface area contributed by atoms with Crippen LogP contribution in [0.5, 0.6) is 5.75 Å². The molecule has 0 spiro atoms. The molecule has 4 heteroatoms. The van der Waals surface area contributed by atoms with E-state index in [1.54, 1.807) is 0 Å². The molecule has 2 aromatic rings. The SMILES string of the molecule is Cc1ccc(C2CC2)c(-c2ccc3c(c2C)CCCO3)c1C(OC(C)(C)C)C(=O)O. The van der Waals surface area contributed by atoms with Gasteiger partial charge in [0.05, 0.1) is 12.2 Å². The largest absolute Gasteiger partial charge is 0.493 e. The van der Waals surface area contributed by atoms with Crippen LogP contribution in [0.2, 0.25) is 0 Å². The Morgan fingerprint density at radius 2 is 1.90 bits per heavy atom. The minimum atomic E-state index is -1.01. The fraction of sp³-hybridized carbons (Fsp3) is 0.500. The molecule has 1 aliphatic heterocycles. The lowest BCUT2D eigenvalue weighted by atomic mass is 9.83. The number of fused-ring (bicyclic) bond motifs is 1. The molecule has 1 unspecified atom stereocenters. The quantitative estimate of drug-likeness (QED) is 0.648. The van der Waals surface area contributed by atoms with Crippen LogP contribution >= 0.6 is 0 Å². The van der Waals surface area contributed by atoms with Crippen molar-refractivity contribution in [2.24, 2.45) is 0 Å². The second-order valence-electron chi connectivity index (χ2n) is 9.65. The second kappa shape index (κ2) is 7.73. The van der Waals surface area contributed by atoms with Crippen molar-refractivity contribution < 1.29 is 19.4 Å². The number of carboxylic acid groups (broad SMARTS) is 1. The minimum absolute atomic E-state index is 0.495. The fourth-order valence-corrected chi connectivity index (χ4v) is 4.58.